The summed E-state index contributed by atoms with van der Waals surface area (Å²) in [6.45, 7) is 8.98. The lowest BCUT2D eigenvalue weighted by molar-refractivity contribution is 0.571. The molecule has 0 aromatic heterocycles. The van der Waals surface area contributed by atoms with Gasteiger partial charge in [-0.2, -0.15) is 0 Å². The Hall–Kier alpha value is -0.300. The third-order valence-electron chi connectivity index (χ3n) is 2.05. The average molecular weight is 153 g/mol. The highest BCUT2D eigenvalue weighted by atomic mass is 14.9. The Bertz CT molecular complexity index is 150. The first kappa shape index (κ1) is 8.79. The monoisotopic (exact) mass is 153 g/mol. The highest BCUT2D eigenvalue weighted by molar-refractivity contribution is 5.24. The van der Waals surface area contributed by atoms with Crippen LogP contribution in [0.1, 0.15) is 33.6 Å². The van der Waals surface area contributed by atoms with Gasteiger partial charge in [-0.3, -0.25) is 0 Å². The number of hydrogen-bond donors (Lipinski definition) is 1. The molecule has 1 nitrogen and oxygen atoms in total. The molecule has 1 rings (SSSR count). The topological polar surface area (TPSA) is 12.0 Å². The van der Waals surface area contributed by atoms with Crippen molar-refractivity contribution in [1.82, 2.24) is 5.32 Å². The molecule has 0 radical (unpaired) electrons. The van der Waals surface area contributed by atoms with Crippen LogP contribution >= 0.6 is 0 Å². The summed E-state index contributed by atoms with van der Waals surface area (Å²) in [4.78, 5) is 0. The summed E-state index contributed by atoms with van der Waals surface area (Å²) in [5, 5.41) is 3.45. The van der Waals surface area contributed by atoms with Crippen molar-refractivity contribution < 1.29 is 0 Å². The molecular weight excluding hydrogens is 134 g/mol. The van der Waals surface area contributed by atoms with Gasteiger partial charge in [0.25, 0.3) is 0 Å². The van der Waals surface area contributed by atoms with Crippen molar-refractivity contribution in [3.8, 4) is 0 Å². The zero-order chi connectivity index (χ0) is 8.27. The Kier molecular flexibility index (Phi) is 3.13. The molecule has 1 saturated carbocycles. The SMILES string of the molecule is CC(CNCC(C)C)=C1CC1. The predicted octanol–water partition coefficient (Wildman–Crippen LogP) is 2.34. The van der Waals surface area contributed by atoms with Crippen LogP contribution in [0.2, 0.25) is 0 Å². The van der Waals surface area contributed by atoms with Crippen LogP contribution in [-0.4, -0.2) is 13.1 Å². The van der Waals surface area contributed by atoms with Crippen molar-refractivity contribution in [2.24, 2.45) is 5.92 Å². The largest absolute Gasteiger partial charge is 0.313 e. The van der Waals surface area contributed by atoms with E-state index in [1.54, 1.807) is 11.1 Å². The fourth-order valence-corrected chi connectivity index (χ4v) is 1.16. The van der Waals surface area contributed by atoms with Crippen LogP contribution in [0, 0.1) is 5.92 Å². The highest BCUT2D eigenvalue weighted by Crippen LogP contribution is 2.30. The van der Waals surface area contributed by atoms with Gasteiger partial charge in [-0.25, -0.2) is 0 Å². The fraction of sp³-hybridized carbons (Fsp3) is 0.800. The first-order valence-electron chi connectivity index (χ1n) is 4.58. The molecule has 0 amide bonds. The molecule has 1 heteroatoms. The van der Waals surface area contributed by atoms with E-state index in [1.807, 2.05) is 0 Å². The number of nitrogens with one attached hydrogen (secondary N) is 1. The Morgan fingerprint density at radius 1 is 1.45 bits per heavy atom. The van der Waals surface area contributed by atoms with Crippen molar-refractivity contribution in [1.29, 1.82) is 0 Å². The van der Waals surface area contributed by atoms with Gasteiger partial charge >= 0.3 is 0 Å². The molecule has 0 aromatic rings. The van der Waals surface area contributed by atoms with Crippen molar-refractivity contribution in [2.75, 3.05) is 13.1 Å². The highest BCUT2D eigenvalue weighted by Gasteiger charge is 2.13. The van der Waals surface area contributed by atoms with Gasteiger partial charge in [-0.15, -0.1) is 0 Å². The minimum absolute atomic E-state index is 0.770. The molecule has 0 heterocycles. The maximum absolute atomic E-state index is 3.45. The Morgan fingerprint density at radius 2 is 2.09 bits per heavy atom. The molecule has 0 spiro atoms. The summed E-state index contributed by atoms with van der Waals surface area (Å²) < 4.78 is 0. The zero-order valence-electron chi connectivity index (χ0n) is 7.91. The molecular formula is C10H19N. The van der Waals surface area contributed by atoms with Crippen LogP contribution in [0.3, 0.4) is 0 Å². The van der Waals surface area contributed by atoms with Crippen LogP contribution in [0.15, 0.2) is 11.1 Å². The molecule has 0 atom stereocenters. The minimum Gasteiger partial charge on any atom is -0.313 e. The molecule has 1 aliphatic rings. The maximum Gasteiger partial charge on any atom is 0.0164 e. The third-order valence-corrected chi connectivity index (χ3v) is 2.05. The predicted molar refractivity (Wildman–Crippen MR) is 49.6 cm³/mol. The van der Waals surface area contributed by atoms with Crippen molar-refractivity contribution in [3.05, 3.63) is 11.1 Å². The third kappa shape index (κ3) is 3.57. The number of hydrogen-bond acceptors (Lipinski definition) is 1. The summed E-state index contributed by atoms with van der Waals surface area (Å²) in [6, 6.07) is 0. The number of allylic oxidation sites excluding steroid dienone is 1. The molecule has 0 aliphatic heterocycles. The quantitative estimate of drug-likeness (QED) is 0.611. The van der Waals surface area contributed by atoms with Gasteiger partial charge in [0, 0.05) is 6.54 Å². The molecule has 0 saturated heterocycles. The van der Waals surface area contributed by atoms with Gasteiger partial charge in [0.2, 0.25) is 0 Å². The average Bonchev–Trinajstić information content (AvgIpc) is 2.66. The summed E-state index contributed by atoms with van der Waals surface area (Å²) in [5.41, 5.74) is 3.26. The second-order valence-electron chi connectivity index (χ2n) is 3.91. The van der Waals surface area contributed by atoms with Gasteiger partial charge in [0.15, 0.2) is 0 Å². The van der Waals surface area contributed by atoms with Gasteiger partial charge in [0.1, 0.15) is 0 Å². The first-order chi connectivity index (χ1) is 5.20. The minimum atomic E-state index is 0.770. The maximum atomic E-state index is 3.45. The second kappa shape index (κ2) is 3.91. The van der Waals surface area contributed by atoms with E-state index < -0.39 is 0 Å². The van der Waals surface area contributed by atoms with E-state index in [2.05, 4.69) is 26.1 Å². The lowest BCUT2D eigenvalue weighted by Gasteiger charge is -2.06. The standard InChI is InChI=1S/C10H19N/c1-8(2)6-11-7-9(3)10-4-5-10/h8,11H,4-7H2,1-3H3. The molecule has 1 fully saturated rings. The summed E-state index contributed by atoms with van der Waals surface area (Å²) in [5.74, 6) is 0.770. The van der Waals surface area contributed by atoms with E-state index in [0.717, 1.165) is 19.0 Å². The fourth-order valence-electron chi connectivity index (χ4n) is 1.16. The van der Waals surface area contributed by atoms with E-state index >= 15 is 0 Å². The Morgan fingerprint density at radius 3 is 2.55 bits per heavy atom. The van der Waals surface area contributed by atoms with Crippen LogP contribution in [-0.2, 0) is 0 Å². The van der Waals surface area contributed by atoms with E-state index in [0.29, 0.717) is 0 Å². The summed E-state index contributed by atoms with van der Waals surface area (Å²) in [7, 11) is 0. The van der Waals surface area contributed by atoms with Crippen molar-refractivity contribution >= 4 is 0 Å². The Balaban J connectivity index is 2.07. The first-order valence-corrected chi connectivity index (χ1v) is 4.58. The molecule has 0 bridgehead atoms. The smallest absolute Gasteiger partial charge is 0.0164 e. The second-order valence-corrected chi connectivity index (χ2v) is 3.91. The number of rotatable bonds is 4. The molecule has 1 N–H and O–H groups in total. The molecule has 0 aromatic carbocycles. The van der Waals surface area contributed by atoms with Crippen LogP contribution in [0.5, 0.6) is 0 Å². The van der Waals surface area contributed by atoms with Gasteiger partial charge in [-0.05, 0) is 32.2 Å². The van der Waals surface area contributed by atoms with Crippen molar-refractivity contribution in [2.45, 2.75) is 33.6 Å². The lowest BCUT2D eigenvalue weighted by atomic mass is 10.2. The van der Waals surface area contributed by atoms with Crippen LogP contribution < -0.4 is 5.32 Å². The van der Waals surface area contributed by atoms with E-state index in [9.17, 15) is 0 Å². The van der Waals surface area contributed by atoms with Crippen LogP contribution in [0.25, 0.3) is 0 Å². The van der Waals surface area contributed by atoms with Gasteiger partial charge in [0.05, 0.1) is 0 Å². The summed E-state index contributed by atoms with van der Waals surface area (Å²) >= 11 is 0. The normalized spacial score (nSPS) is 15.8. The van der Waals surface area contributed by atoms with Crippen LogP contribution in [0.4, 0.5) is 0 Å². The zero-order valence-corrected chi connectivity index (χ0v) is 7.91. The lowest BCUT2D eigenvalue weighted by Crippen LogP contribution is -2.21. The van der Waals surface area contributed by atoms with Crippen molar-refractivity contribution in [3.63, 3.8) is 0 Å². The van der Waals surface area contributed by atoms with E-state index in [-0.39, 0.29) is 0 Å². The summed E-state index contributed by atoms with van der Waals surface area (Å²) in [6.07, 6.45) is 2.71. The molecule has 11 heavy (non-hydrogen) atoms. The van der Waals surface area contributed by atoms with Gasteiger partial charge < -0.3 is 5.32 Å². The van der Waals surface area contributed by atoms with E-state index in [1.165, 1.54) is 12.8 Å². The molecule has 64 valence electrons. The van der Waals surface area contributed by atoms with Gasteiger partial charge in [-0.1, -0.05) is 25.0 Å². The molecule has 0 unspecified atom stereocenters. The Labute approximate surface area is 69.9 Å². The molecule has 1 aliphatic carbocycles. The van der Waals surface area contributed by atoms with E-state index in [4.69, 9.17) is 0 Å².